The molecule has 206 valence electrons. The van der Waals surface area contributed by atoms with E-state index in [0.717, 1.165) is 47.1 Å². The summed E-state index contributed by atoms with van der Waals surface area (Å²) < 4.78 is 0. The largest absolute Gasteiger partial charge is 0.343 e. The first-order chi connectivity index (χ1) is 19.0. The Kier molecular flexibility index (Phi) is 10.5. The van der Waals surface area contributed by atoms with Gasteiger partial charge in [-0.05, 0) is 68.1 Å². The van der Waals surface area contributed by atoms with Gasteiger partial charge in [0, 0.05) is 53.8 Å². The Bertz CT molecular complexity index is 1230. The van der Waals surface area contributed by atoms with Crippen LogP contribution in [-0.2, 0) is 6.42 Å². The lowest BCUT2D eigenvalue weighted by Gasteiger charge is -2.24. The summed E-state index contributed by atoms with van der Waals surface area (Å²) in [6, 6.07) is 14.7. The number of hydrogen-bond donors (Lipinski definition) is 3. The van der Waals surface area contributed by atoms with Gasteiger partial charge in [0.2, 0.25) is 0 Å². The molecule has 3 aromatic rings. The SMILES string of the molecule is C=C(/C=C/CN1CCCCC1)Nc1ccc(-c2cccc(CC(=C)Nc3cc(C4CC4)[nH]n3)c2)cn1.CCC. The third-order valence-corrected chi connectivity index (χ3v) is 6.78. The minimum Gasteiger partial charge on any atom is -0.343 e. The number of likely N-dealkylation sites (tertiary alicyclic amines) is 1. The van der Waals surface area contributed by atoms with Crippen molar-refractivity contribution >= 4 is 11.6 Å². The van der Waals surface area contributed by atoms with E-state index < -0.39 is 0 Å². The second kappa shape index (κ2) is 14.5. The average molecular weight is 525 g/mol. The molecule has 0 atom stereocenters. The van der Waals surface area contributed by atoms with E-state index in [4.69, 9.17) is 0 Å². The summed E-state index contributed by atoms with van der Waals surface area (Å²) in [6.45, 7) is 15.9. The Labute approximate surface area is 234 Å². The molecule has 39 heavy (non-hydrogen) atoms. The highest BCUT2D eigenvalue weighted by atomic mass is 15.2. The second-order valence-electron chi connectivity index (χ2n) is 10.6. The molecule has 2 aliphatic rings. The summed E-state index contributed by atoms with van der Waals surface area (Å²) in [5.74, 6) is 2.30. The second-order valence-corrected chi connectivity index (χ2v) is 10.6. The van der Waals surface area contributed by atoms with Crippen molar-refractivity contribution in [2.24, 2.45) is 0 Å². The van der Waals surface area contributed by atoms with Crippen LogP contribution in [0.2, 0.25) is 0 Å². The molecule has 0 spiro atoms. The number of nitrogens with zero attached hydrogens (tertiary/aromatic N) is 3. The molecule has 3 N–H and O–H groups in total. The fraction of sp³-hybridized carbons (Fsp3) is 0.394. The summed E-state index contributed by atoms with van der Waals surface area (Å²) in [5.41, 5.74) is 6.39. The van der Waals surface area contributed by atoms with Crippen molar-refractivity contribution in [1.82, 2.24) is 20.1 Å². The predicted molar refractivity (Wildman–Crippen MR) is 165 cm³/mol. The molecular weight excluding hydrogens is 480 g/mol. The van der Waals surface area contributed by atoms with Gasteiger partial charge in [0.1, 0.15) is 5.82 Å². The molecule has 0 amide bonds. The van der Waals surface area contributed by atoms with Gasteiger partial charge in [0.05, 0.1) is 0 Å². The molecule has 1 aliphatic carbocycles. The van der Waals surface area contributed by atoms with E-state index >= 15 is 0 Å². The van der Waals surface area contributed by atoms with Crippen molar-refractivity contribution < 1.29 is 0 Å². The first-order valence-corrected chi connectivity index (χ1v) is 14.4. The molecule has 6 nitrogen and oxygen atoms in total. The summed E-state index contributed by atoms with van der Waals surface area (Å²) in [4.78, 5) is 7.09. The summed E-state index contributed by atoms with van der Waals surface area (Å²) in [6.07, 6.45) is 14.6. The number of aromatic amines is 1. The molecule has 0 bridgehead atoms. The maximum Gasteiger partial charge on any atom is 0.152 e. The third kappa shape index (κ3) is 9.25. The van der Waals surface area contributed by atoms with E-state index in [1.807, 2.05) is 18.3 Å². The molecule has 0 unspecified atom stereocenters. The number of H-pyrrole nitrogens is 1. The van der Waals surface area contributed by atoms with Crippen molar-refractivity contribution in [3.8, 4) is 11.1 Å². The van der Waals surface area contributed by atoms with Crippen molar-refractivity contribution in [1.29, 1.82) is 0 Å². The Morgan fingerprint density at radius 1 is 1.00 bits per heavy atom. The molecule has 3 heterocycles. The standard InChI is InChI=1S/C30H36N6.C3H8/c1-22(8-7-17-36-15-4-3-5-16-36)32-29-14-13-27(21-31-29)26-10-6-9-24(19-26)18-23(2)33-30-20-28(34-35-30)25-11-12-25;1-3-2/h6-10,13-14,19-21,25H,1-5,11-12,15-18H2,(H,31,32)(H2,33,34,35);3H2,1-2H3/b8-7+;. The normalized spacial score (nSPS) is 15.4. The fourth-order valence-corrected chi connectivity index (χ4v) is 4.67. The Balaban J connectivity index is 0.00000112. The van der Waals surface area contributed by atoms with Crippen molar-refractivity contribution in [2.45, 2.75) is 64.7 Å². The zero-order chi connectivity index (χ0) is 27.5. The van der Waals surface area contributed by atoms with Crippen molar-refractivity contribution in [3.63, 3.8) is 0 Å². The number of hydrogen-bond acceptors (Lipinski definition) is 5. The Hall–Kier alpha value is -3.64. The smallest absolute Gasteiger partial charge is 0.152 e. The topological polar surface area (TPSA) is 68.9 Å². The number of benzene rings is 1. The molecule has 1 aliphatic heterocycles. The van der Waals surface area contributed by atoms with E-state index in [1.165, 1.54) is 62.9 Å². The van der Waals surface area contributed by atoms with Gasteiger partial charge in [-0.25, -0.2) is 4.98 Å². The van der Waals surface area contributed by atoms with Crippen molar-refractivity contribution in [2.75, 3.05) is 30.3 Å². The average Bonchev–Trinajstić information content (AvgIpc) is 3.69. The van der Waals surface area contributed by atoms with Gasteiger partial charge in [0.25, 0.3) is 0 Å². The van der Waals surface area contributed by atoms with Crippen LogP contribution in [0.15, 0.2) is 85.4 Å². The lowest BCUT2D eigenvalue weighted by molar-refractivity contribution is 0.251. The van der Waals surface area contributed by atoms with E-state index in [-0.39, 0.29) is 0 Å². The molecule has 2 aromatic heterocycles. The molecular formula is C33H44N6. The number of rotatable bonds is 11. The van der Waals surface area contributed by atoms with Crippen LogP contribution in [0.25, 0.3) is 11.1 Å². The molecule has 0 radical (unpaired) electrons. The maximum atomic E-state index is 4.60. The fourth-order valence-electron chi connectivity index (χ4n) is 4.67. The summed E-state index contributed by atoms with van der Waals surface area (Å²) in [7, 11) is 0. The van der Waals surface area contributed by atoms with Gasteiger partial charge in [-0.15, -0.1) is 0 Å². The van der Waals surface area contributed by atoms with Crippen LogP contribution in [0.5, 0.6) is 0 Å². The third-order valence-electron chi connectivity index (χ3n) is 6.78. The number of anilines is 2. The van der Waals surface area contributed by atoms with Crippen LogP contribution < -0.4 is 10.6 Å². The van der Waals surface area contributed by atoms with Gasteiger partial charge in [-0.1, -0.05) is 70.2 Å². The lowest BCUT2D eigenvalue weighted by atomic mass is 10.0. The Morgan fingerprint density at radius 2 is 1.79 bits per heavy atom. The number of allylic oxidation sites excluding steroid dienone is 2. The summed E-state index contributed by atoms with van der Waals surface area (Å²) in [5, 5.41) is 14.1. The minimum atomic E-state index is 0.659. The van der Waals surface area contributed by atoms with Crippen LogP contribution in [0.4, 0.5) is 11.6 Å². The van der Waals surface area contributed by atoms with E-state index in [1.54, 1.807) is 0 Å². The monoisotopic (exact) mass is 524 g/mol. The van der Waals surface area contributed by atoms with Gasteiger partial charge in [0.15, 0.2) is 5.82 Å². The van der Waals surface area contributed by atoms with E-state index in [9.17, 15) is 0 Å². The highest BCUT2D eigenvalue weighted by molar-refractivity contribution is 5.65. The zero-order valence-electron chi connectivity index (χ0n) is 23.7. The first-order valence-electron chi connectivity index (χ1n) is 14.4. The zero-order valence-corrected chi connectivity index (χ0v) is 23.7. The van der Waals surface area contributed by atoms with Gasteiger partial charge < -0.3 is 10.6 Å². The first kappa shape index (κ1) is 28.4. The number of nitrogens with one attached hydrogen (secondary N) is 3. The number of aromatic nitrogens is 3. The van der Waals surface area contributed by atoms with Gasteiger partial charge in [-0.3, -0.25) is 10.00 Å². The van der Waals surface area contributed by atoms with E-state index in [2.05, 4.69) is 100 Å². The maximum absolute atomic E-state index is 4.60. The van der Waals surface area contributed by atoms with Crippen LogP contribution in [0.1, 0.15) is 69.5 Å². The van der Waals surface area contributed by atoms with Crippen LogP contribution in [0, 0.1) is 0 Å². The highest BCUT2D eigenvalue weighted by Gasteiger charge is 2.25. The minimum absolute atomic E-state index is 0.659. The quantitative estimate of drug-likeness (QED) is 0.222. The number of piperidine rings is 1. The van der Waals surface area contributed by atoms with Crippen LogP contribution in [-0.4, -0.2) is 39.7 Å². The molecule has 6 heteroatoms. The molecule has 5 rings (SSSR count). The molecule has 1 saturated heterocycles. The summed E-state index contributed by atoms with van der Waals surface area (Å²) >= 11 is 0. The van der Waals surface area contributed by atoms with Gasteiger partial charge >= 0.3 is 0 Å². The number of pyridine rings is 1. The van der Waals surface area contributed by atoms with Crippen molar-refractivity contribution in [3.05, 3.63) is 96.6 Å². The molecule has 1 saturated carbocycles. The van der Waals surface area contributed by atoms with Crippen LogP contribution in [0.3, 0.4) is 0 Å². The molecule has 2 fully saturated rings. The predicted octanol–water partition coefficient (Wildman–Crippen LogP) is 7.90. The molecule has 1 aromatic carbocycles. The Morgan fingerprint density at radius 3 is 2.51 bits per heavy atom. The highest BCUT2D eigenvalue weighted by Crippen LogP contribution is 2.39. The van der Waals surface area contributed by atoms with Gasteiger partial charge in [-0.2, -0.15) is 5.10 Å². The van der Waals surface area contributed by atoms with E-state index in [0.29, 0.717) is 5.92 Å². The lowest BCUT2D eigenvalue weighted by Crippen LogP contribution is -2.29. The van der Waals surface area contributed by atoms with Crippen LogP contribution >= 0.6 is 0 Å².